The lowest BCUT2D eigenvalue weighted by molar-refractivity contribution is -0.110. The Morgan fingerprint density at radius 3 is 2.39 bits per heavy atom. The van der Waals surface area contributed by atoms with Crippen molar-refractivity contribution in [3.05, 3.63) is 70.0 Å². The van der Waals surface area contributed by atoms with Gasteiger partial charge in [0, 0.05) is 21.4 Å². The minimum absolute atomic E-state index is 0.132. The number of aliphatic imine (C=N–C) groups is 1. The number of carbonyl (C=O) groups excluding carboxylic acids is 1. The Balaban J connectivity index is 1.53. The summed E-state index contributed by atoms with van der Waals surface area (Å²) in [6.45, 7) is 3.63. The summed E-state index contributed by atoms with van der Waals surface area (Å²) in [5.41, 5.74) is 3.63. The van der Waals surface area contributed by atoms with Gasteiger partial charge in [0.15, 0.2) is 9.84 Å². The van der Waals surface area contributed by atoms with E-state index in [1.165, 1.54) is 12.1 Å². The van der Waals surface area contributed by atoms with Gasteiger partial charge in [0.05, 0.1) is 16.3 Å². The number of halogens is 1. The van der Waals surface area contributed by atoms with E-state index in [-0.39, 0.29) is 28.3 Å². The van der Waals surface area contributed by atoms with Crippen LogP contribution in [0.1, 0.15) is 17.0 Å². The molecule has 2 N–H and O–H groups in total. The van der Waals surface area contributed by atoms with Gasteiger partial charge in [0.25, 0.3) is 5.91 Å². The second kappa shape index (κ2) is 8.20. The maximum atomic E-state index is 12.7. The summed E-state index contributed by atoms with van der Waals surface area (Å²) in [6.07, 6.45) is 0. The second-order valence-electron chi connectivity index (χ2n) is 7.01. The van der Waals surface area contributed by atoms with Crippen LogP contribution in [0.2, 0.25) is 0 Å². The van der Waals surface area contributed by atoms with Crippen LogP contribution in [-0.4, -0.2) is 35.9 Å². The van der Waals surface area contributed by atoms with Gasteiger partial charge in [0.1, 0.15) is 11.6 Å². The lowest BCUT2D eigenvalue weighted by atomic mass is 10.1. The van der Waals surface area contributed by atoms with Crippen molar-refractivity contribution in [2.75, 3.05) is 16.5 Å². The standard InChI is InChI=1S/C21H18BrN5O3S/c1-12-9-13(2)25-21(24-12)23-11-31(29,30)16-6-4-15(5-7-16)26-19-17-10-14(22)3-8-18(17)27-20(19)28/h3-10H,11H2,1-2H3,(H,23,24,25)(H,26,27,28). The van der Waals surface area contributed by atoms with Crippen molar-refractivity contribution in [3.8, 4) is 0 Å². The fourth-order valence-electron chi connectivity index (χ4n) is 3.14. The predicted octanol–water partition coefficient (Wildman–Crippen LogP) is 3.77. The van der Waals surface area contributed by atoms with Gasteiger partial charge in [-0.25, -0.2) is 23.4 Å². The van der Waals surface area contributed by atoms with E-state index in [1.54, 1.807) is 18.2 Å². The fraction of sp³-hybridized carbons (Fsp3) is 0.143. The molecule has 0 aliphatic carbocycles. The number of nitrogens with zero attached hydrogens (tertiary/aromatic N) is 3. The molecule has 0 radical (unpaired) electrons. The molecule has 1 amide bonds. The molecule has 0 saturated carbocycles. The lowest BCUT2D eigenvalue weighted by Crippen LogP contribution is -2.16. The van der Waals surface area contributed by atoms with Gasteiger partial charge < -0.3 is 10.6 Å². The van der Waals surface area contributed by atoms with Crippen molar-refractivity contribution in [3.63, 3.8) is 0 Å². The average molecular weight is 500 g/mol. The van der Waals surface area contributed by atoms with Crippen LogP contribution in [0.3, 0.4) is 0 Å². The fourth-order valence-corrected chi connectivity index (χ4v) is 4.54. The van der Waals surface area contributed by atoms with Crippen LogP contribution in [-0.2, 0) is 14.6 Å². The van der Waals surface area contributed by atoms with Gasteiger partial charge >= 0.3 is 0 Å². The number of anilines is 2. The molecule has 4 rings (SSSR count). The summed E-state index contributed by atoms with van der Waals surface area (Å²) in [7, 11) is -3.62. The summed E-state index contributed by atoms with van der Waals surface area (Å²) < 4.78 is 26.2. The molecule has 0 spiro atoms. The number of hydrogen-bond acceptors (Lipinski definition) is 7. The number of sulfone groups is 1. The number of rotatable bonds is 5. The first-order valence-electron chi connectivity index (χ1n) is 9.30. The van der Waals surface area contributed by atoms with Crippen LogP contribution in [0.25, 0.3) is 0 Å². The molecule has 1 aromatic heterocycles. The topological polar surface area (TPSA) is 113 Å². The van der Waals surface area contributed by atoms with Gasteiger partial charge in [-0.2, -0.15) is 0 Å². The zero-order chi connectivity index (χ0) is 22.2. The Labute approximate surface area is 187 Å². The van der Waals surface area contributed by atoms with Crippen molar-refractivity contribution >= 4 is 54.7 Å². The molecule has 8 nitrogen and oxygen atoms in total. The summed E-state index contributed by atoms with van der Waals surface area (Å²) in [6, 6.07) is 13.3. The minimum Gasteiger partial charge on any atom is -0.340 e. The zero-order valence-electron chi connectivity index (χ0n) is 16.7. The molecule has 3 aromatic rings. The number of nitrogens with one attached hydrogen (secondary N) is 2. The molecule has 0 fully saturated rings. The molecule has 2 aromatic carbocycles. The van der Waals surface area contributed by atoms with Crippen molar-refractivity contribution in [2.45, 2.75) is 18.7 Å². The first kappa shape index (κ1) is 21.1. The quantitative estimate of drug-likeness (QED) is 0.552. The van der Waals surface area contributed by atoms with Crippen LogP contribution in [0.15, 0.2) is 62.9 Å². The molecule has 0 saturated heterocycles. The Hall–Kier alpha value is -3.11. The molecule has 0 atom stereocenters. The average Bonchev–Trinajstić information content (AvgIpc) is 3.01. The van der Waals surface area contributed by atoms with Crippen LogP contribution < -0.4 is 10.6 Å². The SMILES string of the molecule is Cc1cc(C)nc(NCS(=O)(=O)c2ccc(N=C3C(=O)Nc4ccc(Br)cc43)cc2)n1. The first-order valence-corrected chi connectivity index (χ1v) is 11.7. The molecule has 158 valence electrons. The van der Waals surface area contributed by atoms with Crippen LogP contribution in [0.5, 0.6) is 0 Å². The number of hydrogen-bond donors (Lipinski definition) is 2. The minimum atomic E-state index is -3.62. The van der Waals surface area contributed by atoms with Crippen molar-refractivity contribution in [2.24, 2.45) is 4.99 Å². The number of aromatic nitrogens is 2. The third-order valence-corrected chi connectivity index (χ3v) is 6.55. The van der Waals surface area contributed by atoms with E-state index in [0.717, 1.165) is 15.9 Å². The molecular weight excluding hydrogens is 482 g/mol. The highest BCUT2D eigenvalue weighted by atomic mass is 79.9. The van der Waals surface area contributed by atoms with E-state index in [1.807, 2.05) is 32.0 Å². The second-order valence-corrected chi connectivity index (χ2v) is 9.91. The Bertz CT molecular complexity index is 1300. The van der Waals surface area contributed by atoms with Gasteiger partial charge in [-0.05, 0) is 62.4 Å². The number of aryl methyl sites for hydroxylation is 2. The molecule has 31 heavy (non-hydrogen) atoms. The number of carbonyl (C=O) groups is 1. The van der Waals surface area contributed by atoms with Crippen molar-refractivity contribution < 1.29 is 13.2 Å². The molecule has 2 heterocycles. The summed E-state index contributed by atoms with van der Waals surface area (Å²) in [5, 5.41) is 5.53. The predicted molar refractivity (Wildman–Crippen MR) is 123 cm³/mol. The largest absolute Gasteiger partial charge is 0.340 e. The van der Waals surface area contributed by atoms with Crippen molar-refractivity contribution in [1.82, 2.24) is 9.97 Å². The summed E-state index contributed by atoms with van der Waals surface area (Å²) in [4.78, 5) is 25.2. The van der Waals surface area contributed by atoms with E-state index in [9.17, 15) is 13.2 Å². The summed E-state index contributed by atoms with van der Waals surface area (Å²) >= 11 is 3.39. The first-order chi connectivity index (χ1) is 14.7. The molecule has 0 unspecified atom stereocenters. The van der Waals surface area contributed by atoms with Crippen molar-refractivity contribution in [1.29, 1.82) is 0 Å². The Morgan fingerprint density at radius 2 is 1.71 bits per heavy atom. The van der Waals surface area contributed by atoms with Crippen LogP contribution in [0, 0.1) is 13.8 Å². The van der Waals surface area contributed by atoms with Gasteiger partial charge in [-0.1, -0.05) is 15.9 Å². The highest BCUT2D eigenvalue weighted by molar-refractivity contribution is 9.10. The smallest absolute Gasteiger partial charge is 0.275 e. The third kappa shape index (κ3) is 4.64. The van der Waals surface area contributed by atoms with E-state index >= 15 is 0 Å². The van der Waals surface area contributed by atoms with Gasteiger partial charge in [0.2, 0.25) is 5.95 Å². The van der Waals surface area contributed by atoms with Gasteiger partial charge in [-0.15, -0.1) is 0 Å². The highest BCUT2D eigenvalue weighted by Crippen LogP contribution is 2.29. The number of amides is 1. The molecular formula is C21H18BrN5O3S. The molecule has 0 bridgehead atoms. The van der Waals surface area contributed by atoms with Gasteiger partial charge in [-0.3, -0.25) is 4.79 Å². The maximum absolute atomic E-state index is 12.7. The van der Waals surface area contributed by atoms with E-state index in [2.05, 4.69) is 41.5 Å². The highest BCUT2D eigenvalue weighted by Gasteiger charge is 2.26. The van der Waals surface area contributed by atoms with E-state index in [4.69, 9.17) is 0 Å². The Kier molecular flexibility index (Phi) is 5.59. The zero-order valence-corrected chi connectivity index (χ0v) is 19.1. The van der Waals surface area contributed by atoms with Crippen LogP contribution in [0.4, 0.5) is 17.3 Å². The molecule has 1 aliphatic heterocycles. The normalized spacial score (nSPS) is 14.4. The summed E-state index contributed by atoms with van der Waals surface area (Å²) in [5.74, 6) is -0.378. The third-order valence-electron chi connectivity index (χ3n) is 4.54. The molecule has 10 heteroatoms. The van der Waals surface area contributed by atoms with E-state index in [0.29, 0.717) is 16.9 Å². The Morgan fingerprint density at radius 1 is 1.03 bits per heavy atom. The monoisotopic (exact) mass is 499 g/mol. The maximum Gasteiger partial charge on any atom is 0.275 e. The number of benzene rings is 2. The molecule has 1 aliphatic rings. The number of fused-ring (bicyclic) bond motifs is 1. The van der Waals surface area contributed by atoms with E-state index < -0.39 is 9.84 Å². The lowest BCUT2D eigenvalue weighted by Gasteiger charge is -2.08. The van der Waals surface area contributed by atoms with Crippen LogP contribution >= 0.6 is 15.9 Å².